The molecule has 0 fully saturated rings. The average molecular weight is 938 g/mol. The van der Waals surface area contributed by atoms with Crippen molar-refractivity contribution in [3.63, 3.8) is 0 Å². The van der Waals surface area contributed by atoms with E-state index in [1.165, 1.54) is 161 Å². The van der Waals surface area contributed by atoms with Crippen LogP contribution >= 0.6 is 0 Å². The third-order valence-electron chi connectivity index (χ3n) is 12.5. The number of esters is 3. The molecule has 0 rings (SSSR count). The first kappa shape index (κ1) is 64.1. The highest BCUT2D eigenvalue weighted by Crippen LogP contribution is 2.16. The van der Waals surface area contributed by atoms with E-state index in [0.29, 0.717) is 19.3 Å². The van der Waals surface area contributed by atoms with Gasteiger partial charge in [0.1, 0.15) is 13.2 Å². The lowest BCUT2D eigenvalue weighted by molar-refractivity contribution is -0.167. The van der Waals surface area contributed by atoms with Crippen LogP contribution in [0.1, 0.15) is 290 Å². The summed E-state index contributed by atoms with van der Waals surface area (Å²) >= 11 is 0. The SMILES string of the molecule is CC/C=C\C/C=C\C/C=C\C/C=C\C/C=C\CCCCCCCCCCCCCCCC(=O)OCC(COC(=O)CCCCCCCC)OC(=O)CCCCCCCCCCCCCCCC. The van der Waals surface area contributed by atoms with Crippen molar-refractivity contribution in [2.24, 2.45) is 0 Å². The zero-order valence-electron chi connectivity index (χ0n) is 44.4. The number of rotatable bonds is 52. The molecular formula is C61H108O6. The Hall–Kier alpha value is -2.89. The second-order valence-electron chi connectivity index (χ2n) is 19.2. The molecule has 0 aliphatic heterocycles. The van der Waals surface area contributed by atoms with Crippen LogP contribution in [0.5, 0.6) is 0 Å². The molecule has 0 aliphatic carbocycles. The zero-order valence-corrected chi connectivity index (χ0v) is 44.4. The number of unbranched alkanes of at least 4 members (excludes halogenated alkanes) is 31. The number of hydrogen-bond donors (Lipinski definition) is 0. The van der Waals surface area contributed by atoms with Gasteiger partial charge in [-0.15, -0.1) is 0 Å². The molecule has 0 N–H and O–H groups in total. The van der Waals surface area contributed by atoms with Gasteiger partial charge in [-0.05, 0) is 64.2 Å². The first-order valence-corrected chi connectivity index (χ1v) is 28.8. The minimum absolute atomic E-state index is 0.0706. The largest absolute Gasteiger partial charge is 0.462 e. The van der Waals surface area contributed by atoms with Crippen molar-refractivity contribution in [1.29, 1.82) is 0 Å². The van der Waals surface area contributed by atoms with Crippen molar-refractivity contribution in [1.82, 2.24) is 0 Å². The van der Waals surface area contributed by atoms with Crippen LogP contribution in [0.2, 0.25) is 0 Å². The second-order valence-corrected chi connectivity index (χ2v) is 19.2. The zero-order chi connectivity index (χ0) is 48.6. The van der Waals surface area contributed by atoms with E-state index in [9.17, 15) is 14.4 Å². The molecule has 0 saturated carbocycles. The van der Waals surface area contributed by atoms with Gasteiger partial charge in [0.05, 0.1) is 0 Å². The van der Waals surface area contributed by atoms with Gasteiger partial charge in [-0.25, -0.2) is 0 Å². The van der Waals surface area contributed by atoms with Gasteiger partial charge in [0.15, 0.2) is 6.10 Å². The minimum atomic E-state index is -0.767. The van der Waals surface area contributed by atoms with Crippen molar-refractivity contribution in [3.05, 3.63) is 60.8 Å². The molecule has 1 unspecified atom stereocenters. The maximum Gasteiger partial charge on any atom is 0.306 e. The van der Waals surface area contributed by atoms with E-state index < -0.39 is 6.10 Å². The standard InChI is InChI=1S/C61H108O6/c1-4-7-10-13-16-18-20-22-24-25-26-27-28-29-30-31-32-33-34-35-36-37-38-40-41-43-45-48-51-54-60(63)66-57-58(56-65-59(62)53-50-47-15-12-9-6-3)67-61(64)55-52-49-46-44-42-39-23-21-19-17-14-11-8-5-2/h7,10,16,18,22,24,26-27,29-30,58H,4-6,8-9,11-15,17,19-21,23,25,28,31-57H2,1-3H3/b10-7-,18-16-,24-22-,27-26-,30-29-. The van der Waals surface area contributed by atoms with Crippen molar-refractivity contribution in [3.8, 4) is 0 Å². The summed E-state index contributed by atoms with van der Waals surface area (Å²) in [5.41, 5.74) is 0. The predicted molar refractivity (Wildman–Crippen MR) is 288 cm³/mol. The highest BCUT2D eigenvalue weighted by Gasteiger charge is 2.19. The van der Waals surface area contributed by atoms with Gasteiger partial charge in [0.25, 0.3) is 0 Å². The summed E-state index contributed by atoms with van der Waals surface area (Å²) in [4.78, 5) is 37.8. The summed E-state index contributed by atoms with van der Waals surface area (Å²) in [5, 5.41) is 0. The molecule has 0 heterocycles. The van der Waals surface area contributed by atoms with Gasteiger partial charge in [0, 0.05) is 19.3 Å². The molecule has 0 aromatic carbocycles. The number of carbonyl (C=O) groups is 3. The highest BCUT2D eigenvalue weighted by atomic mass is 16.6. The minimum Gasteiger partial charge on any atom is -0.462 e. The molecule has 0 saturated heterocycles. The number of hydrogen-bond acceptors (Lipinski definition) is 6. The van der Waals surface area contributed by atoms with Gasteiger partial charge in [-0.2, -0.15) is 0 Å². The Morgan fingerprint density at radius 1 is 0.313 bits per heavy atom. The third kappa shape index (κ3) is 53.9. The maximum atomic E-state index is 12.8. The Morgan fingerprint density at radius 2 is 0.582 bits per heavy atom. The van der Waals surface area contributed by atoms with E-state index in [0.717, 1.165) is 89.9 Å². The number of allylic oxidation sites excluding steroid dienone is 10. The Balaban J connectivity index is 4.04. The van der Waals surface area contributed by atoms with E-state index >= 15 is 0 Å². The van der Waals surface area contributed by atoms with Crippen LogP contribution in [-0.4, -0.2) is 37.2 Å². The summed E-state index contributed by atoms with van der Waals surface area (Å²) in [6.45, 7) is 6.49. The maximum absolute atomic E-state index is 12.8. The molecule has 6 nitrogen and oxygen atoms in total. The fourth-order valence-corrected chi connectivity index (χ4v) is 8.24. The molecule has 388 valence electrons. The van der Waals surface area contributed by atoms with Gasteiger partial charge in [-0.3, -0.25) is 14.4 Å². The molecule has 0 radical (unpaired) electrons. The van der Waals surface area contributed by atoms with Gasteiger partial charge in [-0.1, -0.05) is 268 Å². The normalized spacial score (nSPS) is 12.5. The Labute approximate surface area is 415 Å². The summed E-state index contributed by atoms with van der Waals surface area (Å²) in [6, 6.07) is 0. The first-order valence-electron chi connectivity index (χ1n) is 28.8. The molecule has 0 spiro atoms. The molecular weight excluding hydrogens is 829 g/mol. The van der Waals surface area contributed by atoms with E-state index in [1.54, 1.807) is 0 Å². The quantitative estimate of drug-likeness (QED) is 0.0262. The number of ether oxygens (including phenoxy) is 3. The molecule has 0 bridgehead atoms. The van der Waals surface area contributed by atoms with E-state index in [-0.39, 0.29) is 31.1 Å². The van der Waals surface area contributed by atoms with Crippen LogP contribution in [0.4, 0.5) is 0 Å². The lowest BCUT2D eigenvalue weighted by atomic mass is 10.0. The molecule has 67 heavy (non-hydrogen) atoms. The molecule has 1 atom stereocenters. The van der Waals surface area contributed by atoms with Crippen LogP contribution in [0.25, 0.3) is 0 Å². The highest BCUT2D eigenvalue weighted by molar-refractivity contribution is 5.71. The lowest BCUT2D eigenvalue weighted by Crippen LogP contribution is -2.30. The fraction of sp³-hybridized carbons (Fsp3) is 0.787. The topological polar surface area (TPSA) is 78.9 Å². The Morgan fingerprint density at radius 3 is 0.910 bits per heavy atom. The lowest BCUT2D eigenvalue weighted by Gasteiger charge is -2.18. The van der Waals surface area contributed by atoms with E-state index in [2.05, 4.69) is 81.5 Å². The first-order chi connectivity index (χ1) is 33.0. The van der Waals surface area contributed by atoms with Gasteiger partial charge in [0.2, 0.25) is 0 Å². The van der Waals surface area contributed by atoms with Crippen LogP contribution in [-0.2, 0) is 28.6 Å². The van der Waals surface area contributed by atoms with Crippen LogP contribution < -0.4 is 0 Å². The van der Waals surface area contributed by atoms with Crippen molar-refractivity contribution in [2.75, 3.05) is 13.2 Å². The monoisotopic (exact) mass is 937 g/mol. The molecule has 0 aliphatic rings. The second kappa shape index (κ2) is 55.7. The molecule has 0 aromatic heterocycles. The van der Waals surface area contributed by atoms with Gasteiger partial charge < -0.3 is 14.2 Å². The summed E-state index contributed by atoms with van der Waals surface area (Å²) < 4.78 is 16.7. The summed E-state index contributed by atoms with van der Waals surface area (Å²) in [6.07, 6.45) is 69.6. The molecule has 0 aromatic rings. The molecule has 0 amide bonds. The predicted octanol–water partition coefficient (Wildman–Crippen LogP) is 19.2. The fourth-order valence-electron chi connectivity index (χ4n) is 8.24. The Kier molecular flexibility index (Phi) is 53.3. The number of carbonyl (C=O) groups excluding carboxylic acids is 3. The summed E-state index contributed by atoms with van der Waals surface area (Å²) in [7, 11) is 0. The van der Waals surface area contributed by atoms with Gasteiger partial charge >= 0.3 is 17.9 Å². The molecule has 6 heteroatoms. The van der Waals surface area contributed by atoms with Crippen molar-refractivity contribution < 1.29 is 28.6 Å². The third-order valence-corrected chi connectivity index (χ3v) is 12.5. The van der Waals surface area contributed by atoms with E-state index in [4.69, 9.17) is 14.2 Å². The summed E-state index contributed by atoms with van der Waals surface area (Å²) in [5.74, 6) is -0.870. The van der Waals surface area contributed by atoms with Crippen LogP contribution in [0.3, 0.4) is 0 Å². The van der Waals surface area contributed by atoms with Crippen molar-refractivity contribution in [2.45, 2.75) is 297 Å². The van der Waals surface area contributed by atoms with Crippen LogP contribution in [0, 0.1) is 0 Å². The smallest absolute Gasteiger partial charge is 0.306 e. The van der Waals surface area contributed by atoms with Crippen molar-refractivity contribution >= 4 is 17.9 Å². The Bertz CT molecular complexity index is 1210. The van der Waals surface area contributed by atoms with Crippen LogP contribution in [0.15, 0.2) is 60.8 Å². The average Bonchev–Trinajstić information content (AvgIpc) is 3.33. The van der Waals surface area contributed by atoms with E-state index in [1.807, 2.05) is 0 Å².